The van der Waals surface area contributed by atoms with E-state index in [4.69, 9.17) is 4.74 Å². The van der Waals surface area contributed by atoms with Gasteiger partial charge in [-0.15, -0.1) is 0 Å². The van der Waals surface area contributed by atoms with Gasteiger partial charge in [-0.3, -0.25) is 4.79 Å². The molecule has 0 aliphatic rings. The van der Waals surface area contributed by atoms with Gasteiger partial charge in [0.1, 0.15) is 11.4 Å². The molecule has 0 radical (unpaired) electrons. The highest BCUT2D eigenvalue weighted by Crippen LogP contribution is 2.18. The number of para-hydroxylation sites is 1. The maximum absolute atomic E-state index is 12.5. The second-order valence-electron chi connectivity index (χ2n) is 6.12. The van der Waals surface area contributed by atoms with Gasteiger partial charge in [-0.25, -0.2) is 4.68 Å². The maximum atomic E-state index is 12.5. The molecule has 2 aromatic carbocycles. The average molecular weight is 349 g/mol. The van der Waals surface area contributed by atoms with Gasteiger partial charge in [0.2, 0.25) is 0 Å². The summed E-state index contributed by atoms with van der Waals surface area (Å²) in [5.74, 6) is 0.625. The summed E-state index contributed by atoms with van der Waals surface area (Å²) < 4.78 is 7.37. The van der Waals surface area contributed by atoms with Crippen LogP contribution in [0.15, 0.2) is 66.9 Å². The van der Waals surface area contributed by atoms with E-state index in [1.807, 2.05) is 68.4 Å². The Morgan fingerprint density at radius 3 is 2.58 bits per heavy atom. The molecule has 1 heterocycles. The molecule has 1 N–H and O–H groups in total. The van der Waals surface area contributed by atoms with E-state index < -0.39 is 0 Å². The third kappa shape index (κ3) is 4.30. The zero-order valence-electron chi connectivity index (χ0n) is 15.1. The normalized spacial score (nSPS) is 11.8. The highest BCUT2D eigenvalue weighted by Gasteiger charge is 2.16. The number of benzene rings is 2. The number of carbonyl (C=O) groups is 1. The zero-order valence-corrected chi connectivity index (χ0v) is 15.1. The number of carbonyl (C=O) groups excluding carboxylic acids is 1. The fourth-order valence-electron chi connectivity index (χ4n) is 2.75. The first-order valence-corrected chi connectivity index (χ1v) is 8.75. The van der Waals surface area contributed by atoms with Crippen LogP contribution in [0.3, 0.4) is 0 Å². The fraction of sp³-hybridized carbons (Fsp3) is 0.238. The molecule has 3 rings (SSSR count). The van der Waals surface area contributed by atoms with Gasteiger partial charge in [-0.1, -0.05) is 55.5 Å². The summed E-state index contributed by atoms with van der Waals surface area (Å²) in [6, 6.07) is 19.4. The van der Waals surface area contributed by atoms with Crippen LogP contribution in [-0.2, 0) is 6.73 Å². The number of aryl methyl sites for hydroxylation is 1. The third-order valence-corrected chi connectivity index (χ3v) is 4.23. The molecule has 1 aromatic heterocycles. The number of amides is 1. The van der Waals surface area contributed by atoms with Crippen molar-refractivity contribution in [2.45, 2.75) is 33.0 Å². The van der Waals surface area contributed by atoms with Crippen LogP contribution in [0.25, 0.3) is 0 Å². The summed E-state index contributed by atoms with van der Waals surface area (Å²) in [6.45, 7) is 4.30. The lowest BCUT2D eigenvalue weighted by Crippen LogP contribution is -2.28. The average Bonchev–Trinajstić information content (AvgIpc) is 3.15. The summed E-state index contributed by atoms with van der Waals surface area (Å²) in [5.41, 5.74) is 2.53. The van der Waals surface area contributed by atoms with Gasteiger partial charge in [-0.05, 0) is 36.6 Å². The van der Waals surface area contributed by atoms with Gasteiger partial charge in [0, 0.05) is 6.20 Å². The van der Waals surface area contributed by atoms with E-state index in [1.165, 1.54) is 0 Å². The Balaban J connectivity index is 1.61. The highest BCUT2D eigenvalue weighted by molar-refractivity contribution is 5.92. The lowest BCUT2D eigenvalue weighted by molar-refractivity contribution is 0.0928. The minimum Gasteiger partial charge on any atom is -0.471 e. The van der Waals surface area contributed by atoms with Crippen molar-refractivity contribution in [3.63, 3.8) is 0 Å². The molecule has 0 spiro atoms. The molecule has 1 atom stereocenters. The molecule has 134 valence electrons. The predicted molar refractivity (Wildman–Crippen MR) is 101 cm³/mol. The van der Waals surface area contributed by atoms with E-state index in [0.29, 0.717) is 5.69 Å². The van der Waals surface area contributed by atoms with Crippen LogP contribution in [0.2, 0.25) is 0 Å². The standard InChI is InChI=1S/C21H23N3O2/c1-3-18(17-10-5-4-6-11-17)22-21(25)19-13-14-24(23-19)15-26-20-12-8-7-9-16(20)2/h4-14,18H,3,15H2,1-2H3,(H,22,25). The van der Waals surface area contributed by atoms with E-state index >= 15 is 0 Å². The number of ether oxygens (including phenoxy) is 1. The quantitative estimate of drug-likeness (QED) is 0.698. The van der Waals surface area contributed by atoms with Crippen molar-refractivity contribution in [1.29, 1.82) is 0 Å². The van der Waals surface area contributed by atoms with Crippen molar-refractivity contribution >= 4 is 5.91 Å². The predicted octanol–water partition coefficient (Wildman–Crippen LogP) is 4.11. The second-order valence-corrected chi connectivity index (χ2v) is 6.12. The molecule has 0 aliphatic carbocycles. The Hall–Kier alpha value is -3.08. The first-order valence-electron chi connectivity index (χ1n) is 8.75. The van der Waals surface area contributed by atoms with Crippen molar-refractivity contribution in [3.05, 3.63) is 83.7 Å². The van der Waals surface area contributed by atoms with E-state index in [9.17, 15) is 4.79 Å². The second kappa shape index (κ2) is 8.34. The van der Waals surface area contributed by atoms with Crippen LogP contribution < -0.4 is 10.1 Å². The van der Waals surface area contributed by atoms with E-state index in [1.54, 1.807) is 16.9 Å². The van der Waals surface area contributed by atoms with Crippen LogP contribution in [0.5, 0.6) is 5.75 Å². The number of hydrogen-bond donors (Lipinski definition) is 1. The molecule has 0 bridgehead atoms. The molecule has 0 fully saturated rings. The summed E-state index contributed by atoms with van der Waals surface area (Å²) in [4.78, 5) is 12.5. The molecule has 1 amide bonds. The first kappa shape index (κ1) is 17.7. The van der Waals surface area contributed by atoms with Crippen LogP contribution in [0.1, 0.15) is 41.0 Å². The molecule has 5 heteroatoms. The highest BCUT2D eigenvalue weighted by atomic mass is 16.5. The summed E-state index contributed by atoms with van der Waals surface area (Å²) in [6.07, 6.45) is 2.56. The molecular weight excluding hydrogens is 326 g/mol. The Morgan fingerprint density at radius 2 is 1.85 bits per heavy atom. The largest absolute Gasteiger partial charge is 0.471 e. The van der Waals surface area contributed by atoms with Gasteiger partial charge in [-0.2, -0.15) is 5.10 Å². The van der Waals surface area contributed by atoms with Gasteiger partial charge >= 0.3 is 0 Å². The van der Waals surface area contributed by atoms with Crippen LogP contribution >= 0.6 is 0 Å². The van der Waals surface area contributed by atoms with Crippen molar-refractivity contribution in [1.82, 2.24) is 15.1 Å². The van der Waals surface area contributed by atoms with Crippen LogP contribution in [0, 0.1) is 6.92 Å². The van der Waals surface area contributed by atoms with Crippen LogP contribution in [0.4, 0.5) is 0 Å². The first-order chi connectivity index (χ1) is 12.7. The molecule has 0 aliphatic heterocycles. The van der Waals surface area contributed by atoms with E-state index in [2.05, 4.69) is 10.4 Å². The summed E-state index contributed by atoms with van der Waals surface area (Å²) in [7, 11) is 0. The smallest absolute Gasteiger partial charge is 0.272 e. The molecule has 0 saturated heterocycles. The number of aromatic nitrogens is 2. The van der Waals surface area contributed by atoms with Crippen molar-refractivity contribution in [3.8, 4) is 5.75 Å². The lowest BCUT2D eigenvalue weighted by atomic mass is 10.0. The zero-order chi connectivity index (χ0) is 18.4. The SMILES string of the molecule is CCC(NC(=O)c1ccn(COc2ccccc2C)n1)c1ccccc1. The van der Waals surface area contributed by atoms with Gasteiger partial charge in [0.25, 0.3) is 5.91 Å². The summed E-state index contributed by atoms with van der Waals surface area (Å²) in [5, 5.41) is 7.36. The molecule has 5 nitrogen and oxygen atoms in total. The minimum atomic E-state index is -0.185. The van der Waals surface area contributed by atoms with Gasteiger partial charge in [0.15, 0.2) is 6.73 Å². The van der Waals surface area contributed by atoms with E-state index in [-0.39, 0.29) is 18.7 Å². The topological polar surface area (TPSA) is 56.2 Å². The molecule has 0 saturated carbocycles. The Morgan fingerprint density at radius 1 is 1.12 bits per heavy atom. The van der Waals surface area contributed by atoms with Crippen molar-refractivity contribution < 1.29 is 9.53 Å². The lowest BCUT2D eigenvalue weighted by Gasteiger charge is -2.16. The third-order valence-electron chi connectivity index (χ3n) is 4.23. The Kier molecular flexibility index (Phi) is 5.69. The van der Waals surface area contributed by atoms with Gasteiger partial charge < -0.3 is 10.1 Å². The Labute approximate surface area is 153 Å². The minimum absolute atomic E-state index is 0.0305. The van der Waals surface area contributed by atoms with Crippen LogP contribution in [-0.4, -0.2) is 15.7 Å². The molecule has 1 unspecified atom stereocenters. The maximum Gasteiger partial charge on any atom is 0.272 e. The number of nitrogens with one attached hydrogen (secondary N) is 1. The van der Waals surface area contributed by atoms with E-state index in [0.717, 1.165) is 23.3 Å². The number of hydrogen-bond acceptors (Lipinski definition) is 3. The summed E-state index contributed by atoms with van der Waals surface area (Å²) >= 11 is 0. The van der Waals surface area contributed by atoms with Crippen molar-refractivity contribution in [2.24, 2.45) is 0 Å². The number of nitrogens with zero attached hydrogens (tertiary/aromatic N) is 2. The van der Waals surface area contributed by atoms with Crippen molar-refractivity contribution in [2.75, 3.05) is 0 Å². The molecule has 26 heavy (non-hydrogen) atoms. The number of rotatable bonds is 7. The fourth-order valence-corrected chi connectivity index (χ4v) is 2.75. The Bertz CT molecular complexity index is 858. The molecular formula is C21H23N3O2. The van der Waals surface area contributed by atoms with Gasteiger partial charge in [0.05, 0.1) is 6.04 Å². The molecule has 3 aromatic rings. The monoisotopic (exact) mass is 349 g/mol.